The SMILES string of the molecule is NCc1ccc(C2=CC3=C(C4CC4)C4=CN(CCCC(=O)O)C(=O)C4=S(O)N3C=C2F)cc1. The van der Waals surface area contributed by atoms with Crippen LogP contribution in [0.25, 0.3) is 5.57 Å². The minimum absolute atomic E-state index is 0.0428. The third kappa shape index (κ3) is 3.86. The molecule has 1 saturated carbocycles. The second kappa shape index (κ2) is 8.40. The Kier molecular flexibility index (Phi) is 5.55. The predicted octanol–water partition coefficient (Wildman–Crippen LogP) is 3.75. The van der Waals surface area contributed by atoms with Crippen LogP contribution in [0.3, 0.4) is 0 Å². The van der Waals surface area contributed by atoms with Gasteiger partial charge in [0.1, 0.15) is 10.7 Å². The van der Waals surface area contributed by atoms with Gasteiger partial charge in [-0.3, -0.25) is 13.9 Å². The van der Waals surface area contributed by atoms with Crippen molar-refractivity contribution in [2.45, 2.75) is 32.2 Å². The van der Waals surface area contributed by atoms with Crippen molar-refractivity contribution in [3.05, 3.63) is 76.5 Å². The summed E-state index contributed by atoms with van der Waals surface area (Å²) in [4.78, 5) is 25.7. The maximum Gasteiger partial charge on any atom is 0.303 e. The third-order valence-corrected chi connectivity index (χ3v) is 7.64. The highest BCUT2D eigenvalue weighted by Crippen LogP contribution is 2.52. The zero-order chi connectivity index (χ0) is 23.3. The molecule has 3 aliphatic heterocycles. The van der Waals surface area contributed by atoms with Gasteiger partial charge in [-0.2, -0.15) is 0 Å². The number of amides is 1. The van der Waals surface area contributed by atoms with E-state index in [-0.39, 0.29) is 29.7 Å². The number of allylic oxidation sites excluding steroid dienone is 4. The number of benzene rings is 1. The van der Waals surface area contributed by atoms with E-state index < -0.39 is 22.7 Å². The number of hydrogen-bond acceptors (Lipinski definition) is 5. The van der Waals surface area contributed by atoms with Crippen molar-refractivity contribution in [3.63, 3.8) is 0 Å². The minimum atomic E-state index is -1.64. The van der Waals surface area contributed by atoms with E-state index in [0.717, 1.165) is 24.0 Å². The normalized spacial score (nSPS) is 22.2. The molecular weight excluding hydrogens is 445 g/mol. The van der Waals surface area contributed by atoms with E-state index >= 15 is 4.39 Å². The second-order valence-corrected chi connectivity index (χ2v) is 9.80. The largest absolute Gasteiger partial charge is 0.481 e. The lowest BCUT2D eigenvalue weighted by Crippen LogP contribution is -2.32. The fourth-order valence-corrected chi connectivity index (χ4v) is 5.74. The van der Waals surface area contributed by atoms with E-state index in [2.05, 4.69) is 0 Å². The molecule has 4 N–H and O–H groups in total. The molecule has 7 nitrogen and oxygen atoms in total. The van der Waals surface area contributed by atoms with E-state index in [1.165, 1.54) is 15.4 Å². The molecule has 5 rings (SSSR count). The van der Waals surface area contributed by atoms with Crippen molar-refractivity contribution in [2.75, 3.05) is 6.54 Å². The molecule has 4 aliphatic rings. The molecule has 1 amide bonds. The van der Waals surface area contributed by atoms with E-state index in [9.17, 15) is 14.1 Å². The number of rotatable bonds is 7. The minimum Gasteiger partial charge on any atom is -0.481 e. The first-order chi connectivity index (χ1) is 15.9. The molecule has 1 aromatic rings. The Labute approximate surface area is 193 Å². The van der Waals surface area contributed by atoms with Crippen LogP contribution in [-0.2, 0) is 16.1 Å². The Balaban J connectivity index is 1.57. The Hall–Kier alpha value is -3.01. The van der Waals surface area contributed by atoms with Gasteiger partial charge in [0.05, 0.1) is 22.8 Å². The van der Waals surface area contributed by atoms with Crippen molar-refractivity contribution in [3.8, 4) is 0 Å². The van der Waals surface area contributed by atoms with Crippen LogP contribution >= 0.6 is 11.0 Å². The number of fused-ring (bicyclic) bond motifs is 2. The van der Waals surface area contributed by atoms with Gasteiger partial charge in [0.2, 0.25) is 0 Å². The molecule has 172 valence electrons. The van der Waals surface area contributed by atoms with E-state index in [1.54, 1.807) is 12.3 Å². The van der Waals surface area contributed by atoms with Crippen molar-refractivity contribution in [1.29, 1.82) is 0 Å². The number of carbonyl (C=O) groups excluding carboxylic acids is 1. The lowest BCUT2D eigenvalue weighted by Gasteiger charge is -2.34. The molecule has 0 spiro atoms. The molecule has 0 radical (unpaired) electrons. The summed E-state index contributed by atoms with van der Waals surface area (Å²) < 4.78 is 27.7. The molecule has 1 aliphatic carbocycles. The molecule has 1 atom stereocenters. The molecule has 3 heterocycles. The van der Waals surface area contributed by atoms with Gasteiger partial charge in [-0.15, -0.1) is 0 Å². The number of aliphatic carboxylic acids is 1. The monoisotopic (exact) mass is 469 g/mol. The Morgan fingerprint density at radius 2 is 1.91 bits per heavy atom. The van der Waals surface area contributed by atoms with Crippen LogP contribution in [0.2, 0.25) is 0 Å². The van der Waals surface area contributed by atoms with Crippen LogP contribution < -0.4 is 5.73 Å². The summed E-state index contributed by atoms with van der Waals surface area (Å²) in [5, 5.41) is 8.91. The zero-order valence-corrected chi connectivity index (χ0v) is 18.6. The van der Waals surface area contributed by atoms with Gasteiger partial charge in [-0.1, -0.05) is 24.3 Å². The van der Waals surface area contributed by atoms with E-state index in [4.69, 9.17) is 10.8 Å². The molecule has 1 aromatic carbocycles. The van der Waals surface area contributed by atoms with Gasteiger partial charge < -0.3 is 20.3 Å². The smallest absolute Gasteiger partial charge is 0.303 e. The predicted molar refractivity (Wildman–Crippen MR) is 125 cm³/mol. The summed E-state index contributed by atoms with van der Waals surface area (Å²) >= 11 is 0. The Bertz CT molecular complexity index is 1210. The molecule has 1 fully saturated rings. The average Bonchev–Trinajstić information content (AvgIpc) is 3.58. The fraction of sp³-hybridized carbons (Fsp3) is 0.292. The van der Waals surface area contributed by atoms with E-state index in [0.29, 0.717) is 35.4 Å². The number of halogens is 1. The maximum atomic E-state index is 15.2. The van der Waals surface area contributed by atoms with Crippen LogP contribution in [-0.4, -0.2) is 42.2 Å². The summed E-state index contributed by atoms with van der Waals surface area (Å²) in [5.74, 6) is -1.52. The first-order valence-electron chi connectivity index (χ1n) is 10.9. The highest BCUT2D eigenvalue weighted by molar-refractivity contribution is 8.10. The summed E-state index contributed by atoms with van der Waals surface area (Å²) in [7, 11) is -1.64. The molecule has 0 saturated heterocycles. The average molecular weight is 470 g/mol. The second-order valence-electron chi connectivity index (χ2n) is 8.47. The quantitative estimate of drug-likeness (QED) is 0.525. The number of carbonyl (C=O) groups is 2. The van der Waals surface area contributed by atoms with Crippen molar-refractivity contribution < 1.29 is 23.6 Å². The first kappa shape index (κ1) is 21.8. The standard InChI is InChI=1S/C24H24FN3O4S/c25-19-13-28-20(10-17(19)15-5-3-14(11-26)4-6-15)22(16-7-8-16)18-12-27(9-1-2-21(29)30)24(31)23(18)33(28)32/h3-6,10,12-13,16,32H,1-2,7-9,11,26H2,(H,29,30). The number of hydrogen-bond donors (Lipinski definition) is 3. The van der Waals surface area contributed by atoms with Crippen molar-refractivity contribution in [1.82, 2.24) is 9.21 Å². The third-order valence-electron chi connectivity index (χ3n) is 6.20. The topological polar surface area (TPSA) is 107 Å². The fourth-order valence-electron chi connectivity index (χ4n) is 4.38. The number of carboxylic acid groups (broad SMARTS) is 1. The maximum absolute atomic E-state index is 15.2. The number of nitrogens with zero attached hydrogens (tertiary/aromatic N) is 2. The highest BCUT2D eigenvalue weighted by atomic mass is 32.2. The van der Waals surface area contributed by atoms with E-state index in [1.807, 2.05) is 24.3 Å². The molecular formula is C24H24FN3O4S. The van der Waals surface area contributed by atoms with Crippen LogP contribution in [0.15, 0.2) is 65.4 Å². The lowest BCUT2D eigenvalue weighted by atomic mass is 9.93. The van der Waals surface area contributed by atoms with Gasteiger partial charge in [-0.25, -0.2) is 4.39 Å². The number of nitrogens with two attached hydrogens (primary N) is 1. The van der Waals surface area contributed by atoms with Crippen LogP contribution in [0.4, 0.5) is 4.39 Å². The molecule has 33 heavy (non-hydrogen) atoms. The van der Waals surface area contributed by atoms with Gasteiger partial charge in [0, 0.05) is 36.9 Å². The van der Waals surface area contributed by atoms with Gasteiger partial charge in [0.25, 0.3) is 5.91 Å². The summed E-state index contributed by atoms with van der Waals surface area (Å²) in [6.45, 7) is 0.654. The Morgan fingerprint density at radius 3 is 2.55 bits per heavy atom. The highest BCUT2D eigenvalue weighted by Gasteiger charge is 2.44. The van der Waals surface area contributed by atoms with Gasteiger partial charge in [0.15, 0.2) is 0 Å². The molecule has 0 aromatic heterocycles. The zero-order valence-electron chi connectivity index (χ0n) is 17.8. The molecule has 0 bridgehead atoms. The number of carboxylic acids is 1. The molecule has 9 heteroatoms. The summed E-state index contributed by atoms with van der Waals surface area (Å²) in [6.07, 6.45) is 6.95. The molecule has 1 unspecified atom stereocenters. The Morgan fingerprint density at radius 1 is 1.18 bits per heavy atom. The van der Waals surface area contributed by atoms with Gasteiger partial charge in [-0.05, 0) is 48.0 Å². The summed E-state index contributed by atoms with van der Waals surface area (Å²) in [6, 6.07) is 7.39. The van der Waals surface area contributed by atoms with Crippen LogP contribution in [0, 0.1) is 5.92 Å². The van der Waals surface area contributed by atoms with Crippen molar-refractivity contribution >= 4 is 33.3 Å². The van der Waals surface area contributed by atoms with Crippen molar-refractivity contribution in [2.24, 2.45) is 11.7 Å². The van der Waals surface area contributed by atoms with Gasteiger partial charge >= 0.3 is 5.97 Å². The lowest BCUT2D eigenvalue weighted by molar-refractivity contribution is -0.137. The first-order valence-corrected chi connectivity index (χ1v) is 12.0. The summed E-state index contributed by atoms with van der Waals surface area (Å²) in [5.41, 5.74) is 10.1. The van der Waals surface area contributed by atoms with Crippen LogP contribution in [0.1, 0.15) is 36.8 Å². The van der Waals surface area contributed by atoms with Crippen LogP contribution in [0.5, 0.6) is 0 Å².